The maximum Gasteiger partial charge on any atom is 0.408 e. The summed E-state index contributed by atoms with van der Waals surface area (Å²) in [6.45, 7) is 5.43. The number of nitrogens with zero attached hydrogens (tertiary/aromatic N) is 2. The van der Waals surface area contributed by atoms with Crippen LogP contribution in [0.4, 0.5) is 4.79 Å². The summed E-state index contributed by atoms with van der Waals surface area (Å²) < 4.78 is 8.22. The zero-order valence-electron chi connectivity index (χ0n) is 17.9. The molecule has 2 N–H and O–H groups in total. The van der Waals surface area contributed by atoms with Crippen LogP contribution in [0.2, 0.25) is 0 Å². The van der Waals surface area contributed by atoms with Crippen molar-refractivity contribution in [3.05, 3.63) is 27.1 Å². The summed E-state index contributed by atoms with van der Waals surface area (Å²) in [5, 5.41) is 12.8. The molecule has 166 valence electrons. The number of rotatable bonds is 5. The maximum atomic E-state index is 13.0. The molecule has 2 saturated carbocycles. The number of aromatic nitrogens is 1. The average Bonchev–Trinajstić information content (AvgIpc) is 3.41. The Morgan fingerprint density at radius 1 is 1.27 bits per heavy atom. The monoisotopic (exact) mass is 483 g/mol. The van der Waals surface area contributed by atoms with Gasteiger partial charge in [0.1, 0.15) is 11.3 Å². The van der Waals surface area contributed by atoms with Gasteiger partial charge in [-0.15, -0.1) is 0 Å². The van der Waals surface area contributed by atoms with Gasteiger partial charge in [0.2, 0.25) is 5.91 Å². The van der Waals surface area contributed by atoms with Crippen molar-refractivity contribution in [2.45, 2.75) is 82.5 Å². The van der Waals surface area contributed by atoms with Gasteiger partial charge in [0, 0.05) is 30.9 Å². The van der Waals surface area contributed by atoms with E-state index in [1.54, 1.807) is 13.2 Å². The summed E-state index contributed by atoms with van der Waals surface area (Å²) in [5.74, 6) is 0.336. The summed E-state index contributed by atoms with van der Waals surface area (Å²) in [5.41, 5.74) is -1.73. The number of carbonyl (C=O) groups is 2. The van der Waals surface area contributed by atoms with Gasteiger partial charge in [-0.05, 0) is 75.2 Å². The number of aryl methyl sites for hydroxylation is 1. The highest BCUT2D eigenvalue weighted by Gasteiger charge is 2.60. The van der Waals surface area contributed by atoms with Crippen molar-refractivity contribution in [2.24, 2.45) is 7.05 Å². The summed E-state index contributed by atoms with van der Waals surface area (Å²) >= 11 is 3.43. The van der Waals surface area contributed by atoms with Crippen LogP contribution in [0.5, 0.6) is 5.75 Å². The molecule has 30 heavy (non-hydrogen) atoms. The third kappa shape index (κ3) is 4.66. The fourth-order valence-electron chi connectivity index (χ4n) is 4.28. The molecular weight excluding hydrogens is 454 g/mol. The lowest BCUT2D eigenvalue weighted by atomic mass is 9.92. The van der Waals surface area contributed by atoms with E-state index in [2.05, 4.69) is 21.2 Å². The normalized spacial score (nSPS) is 22.8. The Morgan fingerprint density at radius 3 is 2.37 bits per heavy atom. The van der Waals surface area contributed by atoms with Gasteiger partial charge >= 0.3 is 6.09 Å². The molecule has 0 atom stereocenters. The molecule has 1 aromatic rings. The van der Waals surface area contributed by atoms with Crippen molar-refractivity contribution in [2.75, 3.05) is 0 Å². The van der Waals surface area contributed by atoms with Gasteiger partial charge in [0.15, 0.2) is 0 Å². The number of carboxylic acid groups (broad SMARTS) is 1. The lowest BCUT2D eigenvalue weighted by molar-refractivity contribution is -0.130. The van der Waals surface area contributed by atoms with E-state index >= 15 is 0 Å². The molecule has 0 saturated heterocycles. The number of hydrogen-bond donors (Lipinski definition) is 2. The molecular formula is C21H30BrN3O5. The summed E-state index contributed by atoms with van der Waals surface area (Å²) in [7, 11) is 1.68. The zero-order chi connectivity index (χ0) is 22.3. The van der Waals surface area contributed by atoms with E-state index < -0.39 is 17.2 Å². The summed E-state index contributed by atoms with van der Waals surface area (Å²) in [6, 6.07) is 1.47. The van der Waals surface area contributed by atoms with Crippen LogP contribution < -0.4 is 15.6 Å². The van der Waals surface area contributed by atoms with Crippen molar-refractivity contribution >= 4 is 27.9 Å². The minimum absolute atomic E-state index is 0.00229. The largest absolute Gasteiger partial charge is 0.489 e. The molecule has 2 aliphatic rings. The number of carbonyl (C=O) groups excluding carboxylic acids is 1. The van der Waals surface area contributed by atoms with Crippen LogP contribution in [0.15, 0.2) is 21.5 Å². The van der Waals surface area contributed by atoms with Crippen molar-refractivity contribution < 1.29 is 19.4 Å². The number of halogens is 1. The molecule has 2 aliphatic carbocycles. The molecule has 0 aliphatic heterocycles. The number of amides is 2. The fourth-order valence-corrected chi connectivity index (χ4v) is 4.79. The number of pyridine rings is 1. The molecule has 3 rings (SSSR count). The molecule has 0 aromatic carbocycles. The van der Waals surface area contributed by atoms with Crippen LogP contribution in [0.1, 0.15) is 59.3 Å². The second kappa shape index (κ2) is 8.24. The Hall–Kier alpha value is -2.03. The van der Waals surface area contributed by atoms with E-state index in [4.69, 9.17) is 4.74 Å². The minimum Gasteiger partial charge on any atom is -0.489 e. The van der Waals surface area contributed by atoms with Gasteiger partial charge in [-0.3, -0.25) is 14.5 Å². The lowest BCUT2D eigenvalue weighted by Gasteiger charge is -2.40. The van der Waals surface area contributed by atoms with Crippen molar-refractivity contribution in [3.63, 3.8) is 0 Å². The maximum absolute atomic E-state index is 13.0. The van der Waals surface area contributed by atoms with E-state index in [1.165, 1.54) is 15.5 Å². The first-order valence-corrected chi connectivity index (χ1v) is 11.1. The van der Waals surface area contributed by atoms with Crippen LogP contribution in [-0.2, 0) is 11.8 Å². The second-order valence-electron chi connectivity index (χ2n) is 9.32. The van der Waals surface area contributed by atoms with Crippen molar-refractivity contribution in [1.82, 2.24) is 14.8 Å². The first-order valence-electron chi connectivity index (χ1n) is 10.3. The van der Waals surface area contributed by atoms with Crippen LogP contribution in [-0.4, -0.2) is 49.8 Å². The summed E-state index contributed by atoms with van der Waals surface area (Å²) in [4.78, 5) is 38.0. The number of ether oxygens (including phenoxy) is 1. The molecule has 2 fully saturated rings. The highest BCUT2D eigenvalue weighted by molar-refractivity contribution is 9.10. The Kier molecular flexibility index (Phi) is 6.23. The van der Waals surface area contributed by atoms with Gasteiger partial charge < -0.3 is 19.7 Å². The smallest absolute Gasteiger partial charge is 0.408 e. The number of nitrogens with one attached hydrogen (secondary N) is 1. The van der Waals surface area contributed by atoms with Crippen LogP contribution in [0.3, 0.4) is 0 Å². The van der Waals surface area contributed by atoms with E-state index in [9.17, 15) is 19.5 Å². The molecule has 9 heteroatoms. The van der Waals surface area contributed by atoms with Gasteiger partial charge in [0.25, 0.3) is 5.56 Å². The molecule has 2 amide bonds. The standard InChI is InChI=1S/C21H30BrN3O5/c1-20(2,3)25(19(28)29)21(9-10-21)18(27)23-13-5-7-14(8-6-13)30-16-11-17(26)24(4)12-15(16)22/h11-14H,5-10H2,1-4H3,(H,23,27)(H,28,29)/t13-,14-. The van der Waals surface area contributed by atoms with E-state index in [0.717, 1.165) is 30.2 Å². The fraction of sp³-hybridized carbons (Fsp3) is 0.667. The van der Waals surface area contributed by atoms with Gasteiger partial charge in [-0.2, -0.15) is 0 Å². The van der Waals surface area contributed by atoms with E-state index in [0.29, 0.717) is 18.6 Å². The molecule has 1 aromatic heterocycles. The second-order valence-corrected chi connectivity index (χ2v) is 10.2. The predicted octanol–water partition coefficient (Wildman–Crippen LogP) is 3.27. The van der Waals surface area contributed by atoms with Gasteiger partial charge in [-0.25, -0.2) is 4.79 Å². The molecule has 8 nitrogen and oxygen atoms in total. The predicted molar refractivity (Wildman–Crippen MR) is 116 cm³/mol. The summed E-state index contributed by atoms with van der Waals surface area (Å²) in [6.07, 6.45) is 4.70. The van der Waals surface area contributed by atoms with E-state index in [1.807, 2.05) is 20.8 Å². The topological polar surface area (TPSA) is 101 Å². The average molecular weight is 484 g/mol. The Bertz CT molecular complexity index is 880. The first-order chi connectivity index (χ1) is 13.9. The van der Waals surface area contributed by atoms with Crippen molar-refractivity contribution in [1.29, 1.82) is 0 Å². The van der Waals surface area contributed by atoms with Gasteiger partial charge in [0.05, 0.1) is 10.6 Å². The lowest BCUT2D eigenvalue weighted by Crippen LogP contribution is -2.60. The Morgan fingerprint density at radius 2 is 1.87 bits per heavy atom. The Balaban J connectivity index is 1.57. The molecule has 0 spiro atoms. The molecule has 1 heterocycles. The van der Waals surface area contributed by atoms with Crippen LogP contribution >= 0.6 is 15.9 Å². The van der Waals surface area contributed by atoms with Crippen molar-refractivity contribution in [3.8, 4) is 5.75 Å². The molecule has 0 unspecified atom stereocenters. The van der Waals surface area contributed by atoms with E-state index in [-0.39, 0.29) is 23.6 Å². The van der Waals surface area contributed by atoms with Crippen LogP contribution in [0.25, 0.3) is 0 Å². The molecule has 0 bridgehead atoms. The van der Waals surface area contributed by atoms with Gasteiger partial charge in [-0.1, -0.05) is 0 Å². The highest BCUT2D eigenvalue weighted by Crippen LogP contribution is 2.46. The first kappa shape index (κ1) is 22.7. The number of hydrogen-bond acceptors (Lipinski definition) is 4. The third-order valence-electron chi connectivity index (χ3n) is 5.88. The Labute approximate surface area is 184 Å². The zero-order valence-corrected chi connectivity index (χ0v) is 19.5. The molecule has 0 radical (unpaired) electrons. The minimum atomic E-state index is -1.06. The quantitative estimate of drug-likeness (QED) is 0.668. The highest BCUT2D eigenvalue weighted by atomic mass is 79.9. The third-order valence-corrected chi connectivity index (χ3v) is 6.48. The van der Waals surface area contributed by atoms with Crippen LogP contribution in [0, 0.1) is 0 Å². The SMILES string of the molecule is Cn1cc(Br)c(O[C@H]2CC[C@H](NC(=O)C3(N(C(=O)O)C(C)(C)C)CC3)CC2)cc1=O.